The Balaban J connectivity index is 0.00000300. The number of hydrogen-bond donors (Lipinski definition) is 1. The van der Waals surface area contributed by atoms with Gasteiger partial charge in [-0.2, -0.15) is 0 Å². The zero-order valence-electron chi connectivity index (χ0n) is 15.4. The number of carboxylic acids is 1. The van der Waals surface area contributed by atoms with Crippen LogP contribution in [0.15, 0.2) is 48.5 Å². The molecule has 150 valence electrons. The van der Waals surface area contributed by atoms with Gasteiger partial charge in [0.2, 0.25) is 0 Å². The van der Waals surface area contributed by atoms with Crippen LogP contribution in [0.25, 0.3) is 16.1 Å². The molecule has 0 fully saturated rings. The maximum atomic E-state index is 14.5. The van der Waals surface area contributed by atoms with E-state index in [0.29, 0.717) is 11.4 Å². The number of aromatic carboxylic acids is 1. The van der Waals surface area contributed by atoms with Gasteiger partial charge in [0, 0.05) is 32.0 Å². The van der Waals surface area contributed by atoms with Gasteiger partial charge in [-0.05, 0) is 50.2 Å². The summed E-state index contributed by atoms with van der Waals surface area (Å²) < 4.78 is 28.2. The number of aromatic nitrogens is 2. The van der Waals surface area contributed by atoms with Crippen molar-refractivity contribution in [1.29, 1.82) is 0 Å². The van der Waals surface area contributed by atoms with Crippen LogP contribution >= 0.6 is 0 Å². The number of hydrogen-bond acceptors (Lipinski definition) is 3. The van der Waals surface area contributed by atoms with Crippen molar-refractivity contribution in [3.8, 4) is 11.3 Å². The third-order valence-corrected chi connectivity index (χ3v) is 4.45. The molecule has 0 saturated carbocycles. The first-order chi connectivity index (χ1) is 13.3. The van der Waals surface area contributed by atoms with Crippen LogP contribution < -0.4 is 0 Å². The Hall–Kier alpha value is -2.97. The number of carboxylic acid groups (broad SMARTS) is 1. The van der Waals surface area contributed by atoms with E-state index in [1.807, 2.05) is 13.8 Å². The zero-order valence-corrected chi connectivity index (χ0v) is 17.7. The van der Waals surface area contributed by atoms with Crippen molar-refractivity contribution >= 4 is 11.7 Å². The second-order valence-corrected chi connectivity index (χ2v) is 6.62. The summed E-state index contributed by atoms with van der Waals surface area (Å²) in [6.45, 7) is 10.6. The molecule has 8 heteroatoms. The summed E-state index contributed by atoms with van der Waals surface area (Å²) in [7, 11) is 0. The van der Waals surface area contributed by atoms with Crippen molar-refractivity contribution in [2.75, 3.05) is 0 Å². The van der Waals surface area contributed by atoms with E-state index in [4.69, 9.17) is 11.7 Å². The molecular weight excluding hydrogens is 559 g/mol. The first-order valence-corrected chi connectivity index (χ1v) is 8.30. The summed E-state index contributed by atoms with van der Waals surface area (Å²) in [6.07, 6.45) is 0. The van der Waals surface area contributed by atoms with Gasteiger partial charge in [0.1, 0.15) is 17.3 Å². The molecule has 1 N–H and O–H groups in total. The van der Waals surface area contributed by atoms with Gasteiger partial charge < -0.3 is 5.11 Å². The number of rotatable bonds is 4. The fourth-order valence-corrected chi connectivity index (χ4v) is 2.81. The molecule has 5 nitrogen and oxygen atoms in total. The molecule has 3 rings (SSSR count). The van der Waals surface area contributed by atoms with Gasteiger partial charge in [0.05, 0.1) is 23.7 Å². The first kappa shape index (κ1) is 22.3. The van der Waals surface area contributed by atoms with Gasteiger partial charge in [-0.3, -0.25) is 4.98 Å². The summed E-state index contributed by atoms with van der Waals surface area (Å²) in [5, 5.41) is 9.17. The Labute approximate surface area is 180 Å². The second-order valence-electron chi connectivity index (χ2n) is 6.62. The molecule has 0 aliphatic rings. The smallest absolute Gasteiger partial charge is 0.354 e. The van der Waals surface area contributed by atoms with Gasteiger partial charge in [0.15, 0.2) is 0 Å². The Morgan fingerprint density at radius 2 is 1.66 bits per heavy atom. The average molecular weight is 574 g/mol. The van der Waals surface area contributed by atoms with Crippen molar-refractivity contribution in [3.05, 3.63) is 88.7 Å². The number of pyridine rings is 2. The standard InChI is InChI=1S/C21H15F2N3O2.Pt/c1-21(2,17-9-5-7-15(26-17)20(27)28)16-8-4-6-14(25-16)12-10-11-13(22)19(24-3)18(12)23;/h4-11H,1-2H3,(H,27,28);. The minimum absolute atomic E-state index is 0. The minimum atomic E-state index is -1.14. The van der Waals surface area contributed by atoms with Gasteiger partial charge >= 0.3 is 5.97 Å². The van der Waals surface area contributed by atoms with Crippen LogP contribution in [-0.2, 0) is 26.5 Å². The molecule has 0 radical (unpaired) electrons. The zero-order chi connectivity index (χ0) is 20.5. The molecule has 2 aromatic heterocycles. The Morgan fingerprint density at radius 1 is 1.03 bits per heavy atom. The van der Waals surface area contributed by atoms with E-state index in [9.17, 15) is 13.6 Å². The van der Waals surface area contributed by atoms with Crippen molar-refractivity contribution < 1.29 is 39.7 Å². The fraction of sp³-hybridized carbons (Fsp3) is 0.143. The normalized spacial score (nSPS) is 10.7. The molecule has 3 aromatic rings. The van der Waals surface area contributed by atoms with Gasteiger partial charge in [-0.25, -0.2) is 23.4 Å². The molecule has 0 amide bonds. The van der Waals surface area contributed by atoms with Gasteiger partial charge in [0.25, 0.3) is 5.69 Å². The molecule has 0 spiro atoms. The summed E-state index contributed by atoms with van der Waals surface area (Å²) in [5.74, 6) is -3.04. The SMILES string of the molecule is [C-]#[N+]c1c(F)ccc(-c2cccc(C(C)(C)c3cccc(C(=O)O)n3)n2)c1F.[Pt]. The van der Waals surface area contributed by atoms with Crippen LogP contribution in [0, 0.1) is 18.2 Å². The van der Waals surface area contributed by atoms with Crippen molar-refractivity contribution in [1.82, 2.24) is 9.97 Å². The molecule has 29 heavy (non-hydrogen) atoms. The van der Waals surface area contributed by atoms with Crippen molar-refractivity contribution in [2.45, 2.75) is 19.3 Å². The minimum Gasteiger partial charge on any atom is -0.477 e. The van der Waals surface area contributed by atoms with Crippen LogP contribution in [0.5, 0.6) is 0 Å². The Bertz CT molecular complexity index is 1130. The average Bonchev–Trinajstić information content (AvgIpc) is 2.68. The van der Waals surface area contributed by atoms with E-state index in [1.165, 1.54) is 12.1 Å². The van der Waals surface area contributed by atoms with Crippen LogP contribution in [0.2, 0.25) is 0 Å². The fourth-order valence-electron chi connectivity index (χ4n) is 2.81. The number of halogens is 2. The van der Waals surface area contributed by atoms with E-state index in [1.54, 1.807) is 30.3 Å². The van der Waals surface area contributed by atoms with E-state index < -0.39 is 28.7 Å². The van der Waals surface area contributed by atoms with Crippen LogP contribution in [-0.4, -0.2) is 21.0 Å². The van der Waals surface area contributed by atoms with E-state index in [2.05, 4.69) is 14.8 Å². The number of benzene rings is 1. The predicted octanol–water partition coefficient (Wildman–Crippen LogP) is 4.99. The molecule has 2 heterocycles. The molecule has 1 aromatic carbocycles. The molecule has 0 atom stereocenters. The summed E-state index contributed by atoms with van der Waals surface area (Å²) in [6, 6.07) is 11.9. The van der Waals surface area contributed by atoms with Crippen molar-refractivity contribution in [2.24, 2.45) is 0 Å². The van der Waals surface area contributed by atoms with Gasteiger partial charge in [-0.15, -0.1) is 0 Å². The second kappa shape index (κ2) is 8.58. The Kier molecular flexibility index (Phi) is 6.61. The van der Waals surface area contributed by atoms with E-state index >= 15 is 0 Å². The summed E-state index contributed by atoms with van der Waals surface area (Å²) in [4.78, 5) is 22.8. The molecular formula is C21H15F2N3O2Pt. The van der Waals surface area contributed by atoms with Crippen molar-refractivity contribution in [3.63, 3.8) is 0 Å². The number of carbonyl (C=O) groups is 1. The van der Waals surface area contributed by atoms with Gasteiger partial charge in [-0.1, -0.05) is 12.1 Å². The largest absolute Gasteiger partial charge is 0.477 e. The van der Waals surface area contributed by atoms with Crippen LogP contribution in [0.4, 0.5) is 14.5 Å². The van der Waals surface area contributed by atoms with Crippen LogP contribution in [0.3, 0.4) is 0 Å². The number of nitrogens with zero attached hydrogens (tertiary/aromatic N) is 3. The molecule has 0 bridgehead atoms. The topological polar surface area (TPSA) is 67.4 Å². The molecule has 0 aliphatic heterocycles. The quantitative estimate of drug-likeness (QED) is 0.446. The maximum absolute atomic E-state index is 14.5. The summed E-state index contributed by atoms with van der Waals surface area (Å²) in [5.41, 5.74) is -0.292. The van der Waals surface area contributed by atoms with E-state index in [-0.39, 0.29) is 38.0 Å². The molecule has 0 aliphatic carbocycles. The maximum Gasteiger partial charge on any atom is 0.354 e. The summed E-state index contributed by atoms with van der Waals surface area (Å²) >= 11 is 0. The van der Waals surface area contributed by atoms with Crippen LogP contribution in [0.1, 0.15) is 35.7 Å². The third kappa shape index (κ3) is 4.23. The predicted molar refractivity (Wildman–Crippen MR) is 99.2 cm³/mol. The monoisotopic (exact) mass is 574 g/mol. The Morgan fingerprint density at radius 3 is 2.28 bits per heavy atom. The third-order valence-electron chi connectivity index (χ3n) is 4.45. The molecule has 0 unspecified atom stereocenters. The van der Waals surface area contributed by atoms with E-state index in [0.717, 1.165) is 6.07 Å². The first-order valence-electron chi connectivity index (χ1n) is 8.30. The molecule has 0 saturated heterocycles.